The summed E-state index contributed by atoms with van der Waals surface area (Å²) in [6, 6.07) is 5.95. The van der Waals surface area contributed by atoms with E-state index in [4.69, 9.17) is 0 Å². The van der Waals surface area contributed by atoms with Crippen LogP contribution in [0, 0.1) is 10.1 Å². The molecule has 0 fully saturated rings. The Hall–Kier alpha value is -2.28. The van der Waals surface area contributed by atoms with Crippen molar-refractivity contribution >= 4 is 28.1 Å². The molecule has 0 saturated carbocycles. The smallest absolute Gasteiger partial charge is 0.269 e. The fourth-order valence-corrected chi connectivity index (χ4v) is 2.71. The summed E-state index contributed by atoms with van der Waals surface area (Å²) in [5.74, 6) is -0.191. The molecule has 0 bridgehead atoms. The standard InChI is InChI=1S/C15H17N3O3S/c1-15(2,3)12-9-22-14(16-12)17-13(19)8-10-4-6-11(7-5-10)18(20)21/h4-7,9H,8H2,1-3H3,(H,16,17,19). The van der Waals surface area contributed by atoms with E-state index in [2.05, 4.69) is 31.1 Å². The molecule has 0 spiro atoms. The highest BCUT2D eigenvalue weighted by Crippen LogP contribution is 2.26. The van der Waals surface area contributed by atoms with Gasteiger partial charge in [0.25, 0.3) is 5.69 Å². The minimum atomic E-state index is -0.465. The number of aromatic nitrogens is 1. The van der Waals surface area contributed by atoms with E-state index >= 15 is 0 Å². The Morgan fingerprint density at radius 2 is 1.95 bits per heavy atom. The number of benzene rings is 1. The number of nitro groups is 1. The number of anilines is 1. The lowest BCUT2D eigenvalue weighted by Gasteiger charge is -2.14. The number of nitro benzene ring substituents is 1. The zero-order valence-electron chi connectivity index (χ0n) is 12.6. The van der Waals surface area contributed by atoms with Crippen molar-refractivity contribution in [1.29, 1.82) is 0 Å². The monoisotopic (exact) mass is 319 g/mol. The Morgan fingerprint density at radius 3 is 2.45 bits per heavy atom. The third kappa shape index (κ3) is 4.11. The highest BCUT2D eigenvalue weighted by molar-refractivity contribution is 7.13. The number of carbonyl (C=O) groups excluding carboxylic acids is 1. The van der Waals surface area contributed by atoms with Gasteiger partial charge in [0.15, 0.2) is 5.13 Å². The number of amides is 1. The second-order valence-electron chi connectivity index (χ2n) is 5.94. The Morgan fingerprint density at radius 1 is 1.32 bits per heavy atom. The van der Waals surface area contributed by atoms with E-state index < -0.39 is 4.92 Å². The average Bonchev–Trinajstić information content (AvgIpc) is 2.87. The van der Waals surface area contributed by atoms with Crippen LogP contribution in [0.3, 0.4) is 0 Å². The Kier molecular flexibility index (Phi) is 4.56. The Bertz CT molecular complexity index is 687. The molecule has 0 saturated heterocycles. The predicted molar refractivity (Wildman–Crippen MR) is 86.2 cm³/mol. The molecule has 2 rings (SSSR count). The van der Waals surface area contributed by atoms with Crippen LogP contribution in [0.4, 0.5) is 10.8 Å². The van der Waals surface area contributed by atoms with Gasteiger partial charge in [-0.1, -0.05) is 32.9 Å². The molecule has 6 nitrogen and oxygen atoms in total. The lowest BCUT2D eigenvalue weighted by atomic mass is 9.93. The van der Waals surface area contributed by atoms with Gasteiger partial charge in [0.05, 0.1) is 17.0 Å². The number of carbonyl (C=O) groups is 1. The summed E-state index contributed by atoms with van der Waals surface area (Å²) in [5.41, 5.74) is 1.61. The molecule has 1 amide bonds. The van der Waals surface area contributed by atoms with Crippen molar-refractivity contribution in [1.82, 2.24) is 4.98 Å². The molecule has 116 valence electrons. The highest BCUT2D eigenvalue weighted by atomic mass is 32.1. The van der Waals surface area contributed by atoms with Crippen molar-refractivity contribution in [2.24, 2.45) is 0 Å². The second-order valence-corrected chi connectivity index (χ2v) is 6.79. The zero-order chi connectivity index (χ0) is 16.3. The highest BCUT2D eigenvalue weighted by Gasteiger charge is 2.18. The van der Waals surface area contributed by atoms with E-state index in [1.807, 2.05) is 5.38 Å². The first-order valence-corrected chi connectivity index (χ1v) is 7.63. The van der Waals surface area contributed by atoms with Gasteiger partial charge >= 0.3 is 0 Å². The molecule has 1 aromatic heterocycles. The molecule has 0 radical (unpaired) electrons. The van der Waals surface area contributed by atoms with Crippen LogP contribution in [0.25, 0.3) is 0 Å². The number of hydrogen-bond acceptors (Lipinski definition) is 5. The van der Waals surface area contributed by atoms with Gasteiger partial charge in [-0.2, -0.15) is 0 Å². The van der Waals surface area contributed by atoms with Crippen LogP contribution < -0.4 is 5.32 Å². The summed E-state index contributed by atoms with van der Waals surface area (Å²) < 4.78 is 0. The molecule has 0 aliphatic rings. The molecular formula is C15H17N3O3S. The molecule has 1 heterocycles. The van der Waals surface area contributed by atoms with E-state index in [0.29, 0.717) is 5.13 Å². The van der Waals surface area contributed by atoms with Crippen LogP contribution in [-0.2, 0) is 16.6 Å². The largest absolute Gasteiger partial charge is 0.302 e. The maximum Gasteiger partial charge on any atom is 0.269 e. The normalized spacial score (nSPS) is 11.2. The quantitative estimate of drug-likeness (QED) is 0.690. The molecule has 0 unspecified atom stereocenters. The number of nitrogens with one attached hydrogen (secondary N) is 1. The molecular weight excluding hydrogens is 302 g/mol. The van der Waals surface area contributed by atoms with Crippen LogP contribution >= 0.6 is 11.3 Å². The van der Waals surface area contributed by atoms with Crippen molar-refractivity contribution in [3.05, 3.63) is 51.0 Å². The summed E-state index contributed by atoms with van der Waals surface area (Å²) in [4.78, 5) is 26.5. The maximum atomic E-state index is 12.0. The minimum Gasteiger partial charge on any atom is -0.302 e. The number of hydrogen-bond donors (Lipinski definition) is 1. The van der Waals surface area contributed by atoms with Crippen LogP contribution in [0.2, 0.25) is 0 Å². The number of rotatable bonds is 4. The molecule has 0 aliphatic heterocycles. The molecule has 2 aromatic rings. The summed E-state index contributed by atoms with van der Waals surface area (Å²) in [5, 5.41) is 15.8. The van der Waals surface area contributed by atoms with Gasteiger partial charge in [-0.05, 0) is 5.56 Å². The van der Waals surface area contributed by atoms with Gasteiger partial charge in [-0.3, -0.25) is 14.9 Å². The molecule has 7 heteroatoms. The topological polar surface area (TPSA) is 85.1 Å². The van der Waals surface area contributed by atoms with Gasteiger partial charge in [0, 0.05) is 22.9 Å². The van der Waals surface area contributed by atoms with Gasteiger partial charge in [0.2, 0.25) is 5.91 Å². The van der Waals surface area contributed by atoms with Crippen LogP contribution in [0.5, 0.6) is 0 Å². The summed E-state index contributed by atoms with van der Waals surface area (Å²) in [6.07, 6.45) is 0.155. The van der Waals surface area contributed by atoms with Gasteiger partial charge < -0.3 is 5.32 Å². The third-order valence-corrected chi connectivity index (χ3v) is 3.79. The second kappa shape index (κ2) is 6.23. The molecule has 1 N–H and O–H groups in total. The van der Waals surface area contributed by atoms with Crippen molar-refractivity contribution in [3.63, 3.8) is 0 Å². The van der Waals surface area contributed by atoms with Crippen LogP contribution in [0.15, 0.2) is 29.6 Å². The van der Waals surface area contributed by atoms with Gasteiger partial charge in [-0.15, -0.1) is 11.3 Å². The van der Waals surface area contributed by atoms with Crippen LogP contribution in [0.1, 0.15) is 32.0 Å². The van der Waals surface area contributed by atoms with Crippen molar-refractivity contribution in [2.75, 3.05) is 5.32 Å². The van der Waals surface area contributed by atoms with E-state index in [0.717, 1.165) is 11.3 Å². The van der Waals surface area contributed by atoms with Crippen molar-refractivity contribution < 1.29 is 9.72 Å². The summed E-state index contributed by atoms with van der Waals surface area (Å²) in [6.45, 7) is 6.18. The number of thiazole rings is 1. The zero-order valence-corrected chi connectivity index (χ0v) is 13.4. The van der Waals surface area contributed by atoms with Crippen molar-refractivity contribution in [3.8, 4) is 0 Å². The first-order chi connectivity index (χ1) is 10.3. The lowest BCUT2D eigenvalue weighted by Crippen LogP contribution is -2.15. The first kappa shape index (κ1) is 16.1. The van der Waals surface area contributed by atoms with Gasteiger partial charge in [0.1, 0.15) is 0 Å². The SMILES string of the molecule is CC(C)(C)c1csc(NC(=O)Cc2ccc([N+](=O)[O-])cc2)n1. The third-order valence-electron chi connectivity index (χ3n) is 3.03. The number of nitrogens with zero attached hydrogens (tertiary/aromatic N) is 2. The van der Waals surface area contributed by atoms with E-state index in [-0.39, 0.29) is 23.4 Å². The lowest BCUT2D eigenvalue weighted by molar-refractivity contribution is -0.384. The molecule has 1 aromatic carbocycles. The maximum absolute atomic E-state index is 12.0. The number of non-ortho nitro benzene ring substituents is 1. The minimum absolute atomic E-state index is 0.0129. The Balaban J connectivity index is 1.98. The molecule has 0 aliphatic carbocycles. The van der Waals surface area contributed by atoms with Gasteiger partial charge in [-0.25, -0.2) is 4.98 Å². The molecule has 22 heavy (non-hydrogen) atoms. The van der Waals surface area contributed by atoms with E-state index in [1.54, 1.807) is 12.1 Å². The van der Waals surface area contributed by atoms with Crippen molar-refractivity contribution in [2.45, 2.75) is 32.6 Å². The summed E-state index contributed by atoms with van der Waals surface area (Å²) >= 11 is 1.39. The molecule has 0 atom stereocenters. The predicted octanol–water partition coefficient (Wildman–Crippen LogP) is 3.53. The van der Waals surface area contributed by atoms with E-state index in [1.165, 1.54) is 23.5 Å². The summed E-state index contributed by atoms with van der Waals surface area (Å²) in [7, 11) is 0. The van der Waals surface area contributed by atoms with Crippen LogP contribution in [-0.4, -0.2) is 15.8 Å². The first-order valence-electron chi connectivity index (χ1n) is 6.75. The van der Waals surface area contributed by atoms with E-state index in [9.17, 15) is 14.9 Å². The fourth-order valence-electron chi connectivity index (χ4n) is 1.76. The Labute approximate surface area is 132 Å². The average molecular weight is 319 g/mol. The fraction of sp³-hybridized carbons (Fsp3) is 0.333.